The molecule has 0 aliphatic carbocycles. The highest BCUT2D eigenvalue weighted by molar-refractivity contribution is 6.35. The van der Waals surface area contributed by atoms with E-state index in [9.17, 15) is 8.78 Å². The third kappa shape index (κ3) is 1.20. The third-order valence-electron chi connectivity index (χ3n) is 1.10. The van der Waals surface area contributed by atoms with Crippen molar-refractivity contribution in [3.8, 4) is 0 Å². The van der Waals surface area contributed by atoms with Gasteiger partial charge in [0.1, 0.15) is 27.3 Å². The van der Waals surface area contributed by atoms with Crippen LogP contribution in [0, 0.1) is 11.6 Å². The number of rotatable bonds is 0. The van der Waals surface area contributed by atoms with Crippen molar-refractivity contribution < 1.29 is 8.78 Å². The average molecular weight is 134 g/mol. The van der Waals surface area contributed by atoms with E-state index in [0.29, 0.717) is 0 Å². The lowest BCUT2D eigenvalue weighted by Gasteiger charge is -1.99. The van der Waals surface area contributed by atoms with Crippen LogP contribution in [0.3, 0.4) is 0 Å². The number of benzene rings is 1. The summed E-state index contributed by atoms with van der Waals surface area (Å²) >= 11 is 0. The van der Waals surface area contributed by atoms with Crippen LogP contribution in [-0.4, -0.2) is 15.7 Å². The Bertz CT molecular complexity index is 237. The Hall–Kier alpha value is -0.790. The summed E-state index contributed by atoms with van der Waals surface area (Å²) in [6, 6.07) is 1.94. The van der Waals surface area contributed by atoms with E-state index in [1.165, 1.54) is 0 Å². The van der Waals surface area contributed by atoms with Crippen LogP contribution in [-0.2, 0) is 0 Å². The third-order valence-corrected chi connectivity index (χ3v) is 1.10. The van der Waals surface area contributed by atoms with E-state index in [2.05, 4.69) is 0 Å². The van der Waals surface area contributed by atoms with Gasteiger partial charge in [0.2, 0.25) is 0 Å². The normalized spacial score (nSPS) is 9.80. The number of halogens is 2. The largest absolute Gasteiger partial charge is 0.208 e. The van der Waals surface area contributed by atoms with E-state index in [4.69, 9.17) is 15.7 Å². The fourth-order valence-electron chi connectivity index (χ4n) is 0.604. The Labute approximate surface area is 60.1 Å². The van der Waals surface area contributed by atoms with Crippen molar-refractivity contribution in [1.29, 1.82) is 0 Å². The van der Waals surface area contributed by atoms with E-state index >= 15 is 0 Å². The Morgan fingerprint density at radius 2 is 1.40 bits per heavy atom. The van der Waals surface area contributed by atoms with Gasteiger partial charge in [-0.2, -0.15) is 0 Å². The zero-order valence-corrected chi connectivity index (χ0v) is 5.07. The Morgan fingerprint density at radius 3 is 1.80 bits per heavy atom. The van der Waals surface area contributed by atoms with Gasteiger partial charge in [-0.25, -0.2) is 8.78 Å². The van der Waals surface area contributed by atoms with Gasteiger partial charge < -0.3 is 0 Å². The van der Waals surface area contributed by atoms with Gasteiger partial charge in [-0.1, -0.05) is 5.46 Å². The lowest BCUT2D eigenvalue weighted by molar-refractivity contribution is 0.600. The predicted octanol–water partition coefficient (Wildman–Crippen LogP) is -0.448. The Kier molecular flexibility index (Phi) is 1.79. The van der Waals surface area contributed by atoms with Crippen LogP contribution < -0.4 is 10.9 Å². The Morgan fingerprint density at radius 1 is 1.00 bits per heavy atom. The first kappa shape index (κ1) is 7.32. The van der Waals surface area contributed by atoms with Gasteiger partial charge in [-0.05, 0) is 17.6 Å². The number of hydrogen-bond acceptors (Lipinski definition) is 0. The predicted molar refractivity (Wildman–Crippen MR) is 37.1 cm³/mol. The summed E-state index contributed by atoms with van der Waals surface area (Å²) in [4.78, 5) is 0. The van der Waals surface area contributed by atoms with Crippen LogP contribution in [0.2, 0.25) is 0 Å². The maximum atomic E-state index is 12.4. The van der Waals surface area contributed by atoms with Crippen molar-refractivity contribution in [2.45, 2.75) is 0 Å². The molecule has 0 bridgehead atoms. The van der Waals surface area contributed by atoms with Gasteiger partial charge in [-0.15, -0.1) is 0 Å². The van der Waals surface area contributed by atoms with Crippen molar-refractivity contribution >= 4 is 26.6 Å². The average Bonchev–Trinajstić information content (AvgIpc) is 1.82. The maximum Gasteiger partial charge on any atom is 0.122 e. The standard InChI is InChI=1S/C6H2B2F2/c7-3-1-4(9)6(8)5(10)2-3/h1-2H. The molecule has 46 valence electrons. The van der Waals surface area contributed by atoms with Gasteiger partial charge in [0.05, 0.1) is 0 Å². The minimum atomic E-state index is -0.822. The highest BCUT2D eigenvalue weighted by Gasteiger charge is 2.02. The molecule has 0 aliphatic heterocycles. The Balaban J connectivity index is 3.31. The molecule has 0 unspecified atom stereocenters. The second-order valence-corrected chi connectivity index (χ2v) is 1.90. The molecular formula is C6H2B2F2. The van der Waals surface area contributed by atoms with Crippen LogP contribution in [0.15, 0.2) is 12.1 Å². The van der Waals surface area contributed by atoms with Gasteiger partial charge in [0.25, 0.3) is 0 Å². The van der Waals surface area contributed by atoms with E-state index in [-0.39, 0.29) is 5.46 Å². The monoisotopic (exact) mass is 134 g/mol. The SMILES string of the molecule is [B]c1cc(F)c([B])c(F)c1. The summed E-state index contributed by atoms with van der Waals surface area (Å²) in [5, 5.41) is 0. The van der Waals surface area contributed by atoms with Crippen LogP contribution >= 0.6 is 0 Å². The summed E-state index contributed by atoms with van der Waals surface area (Å²) in [5.41, 5.74) is -0.460. The smallest absolute Gasteiger partial charge is 0.122 e. The second kappa shape index (κ2) is 2.45. The second-order valence-electron chi connectivity index (χ2n) is 1.90. The highest BCUT2D eigenvalue weighted by atomic mass is 19.1. The fraction of sp³-hybridized carbons (Fsp3) is 0. The molecule has 1 rings (SSSR count). The lowest BCUT2D eigenvalue weighted by Crippen LogP contribution is -2.19. The molecule has 0 saturated heterocycles. The van der Waals surface area contributed by atoms with Gasteiger partial charge in [-0.3, -0.25) is 0 Å². The van der Waals surface area contributed by atoms with E-state index in [0.717, 1.165) is 12.1 Å². The van der Waals surface area contributed by atoms with Gasteiger partial charge >= 0.3 is 0 Å². The van der Waals surface area contributed by atoms with Gasteiger partial charge in [0, 0.05) is 0 Å². The molecule has 0 saturated carbocycles. The zero-order chi connectivity index (χ0) is 7.72. The molecule has 0 fully saturated rings. The first-order chi connectivity index (χ1) is 4.61. The van der Waals surface area contributed by atoms with Crippen LogP contribution in [0.1, 0.15) is 0 Å². The molecule has 0 heterocycles. The summed E-state index contributed by atoms with van der Waals surface area (Å²) in [6.45, 7) is 0. The topological polar surface area (TPSA) is 0 Å². The highest BCUT2D eigenvalue weighted by Crippen LogP contribution is 1.93. The maximum absolute atomic E-state index is 12.4. The molecule has 0 aromatic heterocycles. The van der Waals surface area contributed by atoms with Crippen molar-refractivity contribution in [2.75, 3.05) is 0 Å². The quantitative estimate of drug-likeness (QED) is 0.421. The molecule has 0 amide bonds. The molecule has 0 nitrogen and oxygen atoms in total. The molecule has 10 heavy (non-hydrogen) atoms. The van der Waals surface area contributed by atoms with Crippen LogP contribution in [0.5, 0.6) is 0 Å². The lowest BCUT2D eigenvalue weighted by atomic mass is 9.88. The number of hydrogen-bond donors (Lipinski definition) is 0. The molecule has 0 atom stereocenters. The molecule has 0 aliphatic rings. The minimum absolute atomic E-state index is 0.0317. The van der Waals surface area contributed by atoms with Crippen molar-refractivity contribution in [3.05, 3.63) is 23.8 Å². The zero-order valence-electron chi connectivity index (χ0n) is 5.07. The summed E-state index contributed by atoms with van der Waals surface area (Å²) in [5.74, 6) is -1.64. The molecule has 1 aromatic carbocycles. The van der Waals surface area contributed by atoms with Gasteiger partial charge in [0.15, 0.2) is 0 Å². The van der Waals surface area contributed by atoms with Crippen LogP contribution in [0.4, 0.5) is 8.78 Å². The summed E-state index contributed by atoms with van der Waals surface area (Å²) in [7, 11) is 10.0. The first-order valence-electron chi connectivity index (χ1n) is 2.61. The van der Waals surface area contributed by atoms with Crippen molar-refractivity contribution in [2.24, 2.45) is 0 Å². The minimum Gasteiger partial charge on any atom is -0.208 e. The van der Waals surface area contributed by atoms with Crippen LogP contribution in [0.25, 0.3) is 0 Å². The summed E-state index contributed by atoms with van der Waals surface area (Å²) < 4.78 is 24.8. The van der Waals surface area contributed by atoms with Crippen molar-refractivity contribution in [1.82, 2.24) is 0 Å². The molecule has 4 heteroatoms. The van der Waals surface area contributed by atoms with E-state index in [1.54, 1.807) is 0 Å². The molecular weight excluding hydrogens is 132 g/mol. The first-order valence-corrected chi connectivity index (χ1v) is 2.61. The van der Waals surface area contributed by atoms with E-state index in [1.807, 2.05) is 0 Å². The van der Waals surface area contributed by atoms with Crippen molar-refractivity contribution in [3.63, 3.8) is 0 Å². The van der Waals surface area contributed by atoms with E-state index < -0.39 is 17.1 Å². The summed E-state index contributed by atoms with van der Waals surface area (Å²) in [6.07, 6.45) is 0. The molecule has 0 spiro atoms. The molecule has 4 radical (unpaired) electrons. The molecule has 0 N–H and O–H groups in total. The fourth-order valence-corrected chi connectivity index (χ4v) is 0.604. The molecule has 1 aromatic rings.